The number of para-hydroxylation sites is 1. The largest absolute Gasteiger partial charge is 0.476 e. The maximum absolute atomic E-state index is 11.3. The Morgan fingerprint density at radius 1 is 0.773 bits per heavy atom. The molecule has 108 valence electrons. The first-order valence-corrected chi connectivity index (χ1v) is 6.40. The van der Waals surface area contributed by atoms with E-state index in [4.69, 9.17) is 10.2 Å². The number of carboxylic acids is 2. The number of benzene rings is 2. The normalized spacial score (nSPS) is 10.5. The molecule has 0 aliphatic rings. The van der Waals surface area contributed by atoms with Crippen LogP contribution in [0, 0.1) is 0 Å². The molecule has 6 nitrogen and oxygen atoms in total. The van der Waals surface area contributed by atoms with Crippen LogP contribution in [-0.2, 0) is 0 Å². The van der Waals surface area contributed by atoms with Crippen molar-refractivity contribution in [2.75, 3.05) is 0 Å². The molecular formula is C16H10N2O4. The Balaban J connectivity index is 2.36. The van der Waals surface area contributed by atoms with Gasteiger partial charge in [0, 0.05) is 5.56 Å². The van der Waals surface area contributed by atoms with Crippen LogP contribution in [0.4, 0.5) is 0 Å². The molecule has 2 aromatic carbocycles. The van der Waals surface area contributed by atoms with Gasteiger partial charge in [0.05, 0.1) is 11.0 Å². The standard InChI is InChI=1S/C16H10N2O4/c19-15(20)13-14(16(21)22)18-12-10(7-4-8-11(12)17-13)9-5-2-1-3-6-9/h1-8H,(H,19,20)(H,21,22). The zero-order chi connectivity index (χ0) is 15.7. The maximum Gasteiger partial charge on any atom is 0.357 e. The Morgan fingerprint density at radius 3 is 2.05 bits per heavy atom. The minimum Gasteiger partial charge on any atom is -0.476 e. The van der Waals surface area contributed by atoms with Gasteiger partial charge in [-0.15, -0.1) is 0 Å². The van der Waals surface area contributed by atoms with Crippen molar-refractivity contribution in [1.82, 2.24) is 9.97 Å². The molecule has 0 fully saturated rings. The first-order chi connectivity index (χ1) is 10.6. The first-order valence-electron chi connectivity index (χ1n) is 6.40. The topological polar surface area (TPSA) is 100 Å². The molecule has 0 bridgehead atoms. The summed E-state index contributed by atoms with van der Waals surface area (Å²) < 4.78 is 0. The fourth-order valence-electron chi connectivity index (χ4n) is 2.23. The van der Waals surface area contributed by atoms with E-state index in [9.17, 15) is 9.59 Å². The van der Waals surface area contributed by atoms with E-state index in [0.29, 0.717) is 16.6 Å². The van der Waals surface area contributed by atoms with E-state index >= 15 is 0 Å². The van der Waals surface area contributed by atoms with Crippen LogP contribution in [-0.4, -0.2) is 32.1 Å². The molecular weight excluding hydrogens is 284 g/mol. The quantitative estimate of drug-likeness (QED) is 0.770. The number of hydrogen-bond donors (Lipinski definition) is 2. The molecule has 3 rings (SSSR count). The molecule has 0 spiro atoms. The van der Waals surface area contributed by atoms with Crippen molar-refractivity contribution in [3.63, 3.8) is 0 Å². The second-order valence-corrected chi connectivity index (χ2v) is 4.57. The van der Waals surface area contributed by atoms with Crippen molar-refractivity contribution < 1.29 is 19.8 Å². The van der Waals surface area contributed by atoms with Crippen molar-refractivity contribution in [1.29, 1.82) is 0 Å². The Morgan fingerprint density at radius 2 is 1.41 bits per heavy atom. The Kier molecular flexibility index (Phi) is 3.27. The highest BCUT2D eigenvalue weighted by Crippen LogP contribution is 2.27. The Bertz CT molecular complexity index is 891. The average molecular weight is 294 g/mol. The van der Waals surface area contributed by atoms with Gasteiger partial charge in [0.25, 0.3) is 0 Å². The highest BCUT2D eigenvalue weighted by atomic mass is 16.4. The molecule has 3 aromatic rings. The lowest BCUT2D eigenvalue weighted by Gasteiger charge is -2.08. The van der Waals surface area contributed by atoms with Crippen LogP contribution in [0.5, 0.6) is 0 Å². The number of hydrogen-bond acceptors (Lipinski definition) is 4. The number of carboxylic acid groups (broad SMARTS) is 2. The number of aromatic nitrogens is 2. The third-order valence-corrected chi connectivity index (χ3v) is 3.18. The van der Waals surface area contributed by atoms with E-state index in [1.807, 2.05) is 30.3 Å². The summed E-state index contributed by atoms with van der Waals surface area (Å²) in [4.78, 5) is 30.4. The van der Waals surface area contributed by atoms with E-state index in [0.717, 1.165) is 5.56 Å². The van der Waals surface area contributed by atoms with Gasteiger partial charge in [-0.3, -0.25) is 0 Å². The number of carbonyl (C=O) groups is 2. The minimum atomic E-state index is -1.42. The van der Waals surface area contributed by atoms with Gasteiger partial charge >= 0.3 is 11.9 Å². The Labute approximate surface area is 124 Å². The van der Waals surface area contributed by atoms with Gasteiger partial charge in [0.1, 0.15) is 0 Å². The molecule has 0 saturated carbocycles. The molecule has 1 aromatic heterocycles. The summed E-state index contributed by atoms with van der Waals surface area (Å²) >= 11 is 0. The van der Waals surface area contributed by atoms with Gasteiger partial charge < -0.3 is 10.2 Å². The van der Waals surface area contributed by atoms with Crippen LogP contribution in [0.15, 0.2) is 48.5 Å². The van der Waals surface area contributed by atoms with Crippen molar-refractivity contribution in [3.8, 4) is 11.1 Å². The number of rotatable bonds is 3. The minimum absolute atomic E-state index is 0.337. The zero-order valence-electron chi connectivity index (χ0n) is 11.2. The van der Waals surface area contributed by atoms with Crippen molar-refractivity contribution >= 4 is 23.0 Å². The summed E-state index contributed by atoms with van der Waals surface area (Å²) in [5, 5.41) is 18.3. The third kappa shape index (κ3) is 2.26. The smallest absolute Gasteiger partial charge is 0.357 e. The van der Waals surface area contributed by atoms with Gasteiger partial charge in [-0.2, -0.15) is 0 Å². The first kappa shape index (κ1) is 13.7. The van der Waals surface area contributed by atoms with E-state index in [1.165, 1.54) is 0 Å². The molecule has 0 radical (unpaired) electrons. The summed E-state index contributed by atoms with van der Waals surface area (Å²) in [5.41, 5.74) is 1.11. The lowest BCUT2D eigenvalue weighted by atomic mass is 10.0. The van der Waals surface area contributed by atoms with Crippen LogP contribution < -0.4 is 0 Å². The molecule has 0 aliphatic carbocycles. The van der Waals surface area contributed by atoms with Crippen molar-refractivity contribution in [2.24, 2.45) is 0 Å². The van der Waals surface area contributed by atoms with Gasteiger partial charge in [-0.1, -0.05) is 42.5 Å². The molecule has 22 heavy (non-hydrogen) atoms. The molecule has 0 unspecified atom stereocenters. The lowest BCUT2D eigenvalue weighted by molar-refractivity contribution is 0.0642. The molecule has 0 aliphatic heterocycles. The van der Waals surface area contributed by atoms with Gasteiger partial charge in [0.15, 0.2) is 11.4 Å². The molecule has 2 N–H and O–H groups in total. The molecule has 6 heteroatoms. The second-order valence-electron chi connectivity index (χ2n) is 4.57. The van der Waals surface area contributed by atoms with E-state index in [-0.39, 0.29) is 0 Å². The highest BCUT2D eigenvalue weighted by molar-refractivity contribution is 6.02. The maximum atomic E-state index is 11.3. The summed E-state index contributed by atoms with van der Waals surface area (Å²) in [7, 11) is 0. The fourth-order valence-corrected chi connectivity index (χ4v) is 2.23. The molecule has 1 heterocycles. The summed E-state index contributed by atoms with van der Waals surface area (Å²) in [5.74, 6) is -2.84. The second kappa shape index (κ2) is 5.25. The third-order valence-electron chi connectivity index (χ3n) is 3.18. The predicted molar refractivity (Wildman–Crippen MR) is 78.9 cm³/mol. The summed E-state index contributed by atoms with van der Waals surface area (Å²) in [6.07, 6.45) is 0. The number of aromatic carboxylic acids is 2. The highest BCUT2D eigenvalue weighted by Gasteiger charge is 2.21. The van der Waals surface area contributed by atoms with Gasteiger partial charge in [-0.05, 0) is 11.6 Å². The summed E-state index contributed by atoms with van der Waals surface area (Å²) in [6, 6.07) is 14.4. The van der Waals surface area contributed by atoms with Crippen LogP contribution in [0.2, 0.25) is 0 Å². The van der Waals surface area contributed by atoms with E-state index < -0.39 is 23.3 Å². The van der Waals surface area contributed by atoms with Crippen molar-refractivity contribution in [3.05, 3.63) is 59.9 Å². The van der Waals surface area contributed by atoms with Gasteiger partial charge in [0.2, 0.25) is 0 Å². The Hall–Kier alpha value is -3.28. The van der Waals surface area contributed by atoms with Crippen LogP contribution >= 0.6 is 0 Å². The van der Waals surface area contributed by atoms with Crippen LogP contribution in [0.25, 0.3) is 22.2 Å². The monoisotopic (exact) mass is 294 g/mol. The van der Waals surface area contributed by atoms with Crippen molar-refractivity contribution in [2.45, 2.75) is 0 Å². The van der Waals surface area contributed by atoms with Gasteiger partial charge in [-0.25, -0.2) is 19.6 Å². The van der Waals surface area contributed by atoms with Crippen LogP contribution in [0.1, 0.15) is 21.0 Å². The number of nitrogens with zero attached hydrogens (tertiary/aromatic N) is 2. The molecule has 0 saturated heterocycles. The summed E-state index contributed by atoms with van der Waals surface area (Å²) in [6.45, 7) is 0. The fraction of sp³-hybridized carbons (Fsp3) is 0. The predicted octanol–water partition coefficient (Wildman–Crippen LogP) is 2.69. The lowest BCUT2D eigenvalue weighted by Crippen LogP contribution is -2.13. The van der Waals surface area contributed by atoms with E-state index in [1.54, 1.807) is 18.2 Å². The zero-order valence-corrected chi connectivity index (χ0v) is 11.2. The molecule has 0 amide bonds. The molecule has 0 atom stereocenters. The number of fused-ring (bicyclic) bond motifs is 1. The average Bonchev–Trinajstić information content (AvgIpc) is 2.53. The van der Waals surface area contributed by atoms with E-state index in [2.05, 4.69) is 9.97 Å². The SMILES string of the molecule is O=C(O)c1nc2cccc(-c3ccccc3)c2nc1C(=O)O. The van der Waals surface area contributed by atoms with Crippen LogP contribution in [0.3, 0.4) is 0 Å².